The number of piperidine rings is 1. The second-order valence-electron chi connectivity index (χ2n) is 4.79. The number of amides is 1. The van der Waals surface area contributed by atoms with Gasteiger partial charge in [0.05, 0.1) is 0 Å². The Bertz CT molecular complexity index is 455. The Balaban J connectivity index is 2.13. The van der Waals surface area contributed by atoms with Gasteiger partial charge in [-0.2, -0.15) is 13.2 Å². The van der Waals surface area contributed by atoms with Gasteiger partial charge in [0, 0.05) is 25.3 Å². The highest BCUT2D eigenvalue weighted by molar-refractivity contribution is 5.92. The van der Waals surface area contributed by atoms with E-state index in [1.165, 1.54) is 23.2 Å². The lowest BCUT2D eigenvalue weighted by molar-refractivity contribution is -0.140. The van der Waals surface area contributed by atoms with Crippen LogP contribution in [0, 0.1) is 0 Å². The second kappa shape index (κ2) is 5.24. The summed E-state index contributed by atoms with van der Waals surface area (Å²) in [6.45, 7) is -0.208. The van der Waals surface area contributed by atoms with Crippen molar-refractivity contribution in [3.8, 4) is 0 Å². The Morgan fingerprint density at radius 2 is 2.21 bits per heavy atom. The van der Waals surface area contributed by atoms with Crippen molar-refractivity contribution in [1.82, 2.24) is 9.47 Å². The summed E-state index contributed by atoms with van der Waals surface area (Å²) in [4.78, 5) is 13.7. The monoisotopic (exact) mass is 275 g/mol. The number of hydrogen-bond acceptors (Lipinski definition) is 2. The Hall–Kier alpha value is -1.50. The third kappa shape index (κ3) is 3.50. The molecule has 2 heterocycles. The fourth-order valence-corrected chi connectivity index (χ4v) is 2.30. The van der Waals surface area contributed by atoms with Crippen molar-refractivity contribution in [3.05, 3.63) is 24.0 Å². The third-order valence-electron chi connectivity index (χ3n) is 3.14. The predicted octanol–water partition coefficient (Wildman–Crippen LogP) is 1.61. The lowest BCUT2D eigenvalue weighted by Gasteiger charge is -2.31. The average molecular weight is 275 g/mol. The van der Waals surface area contributed by atoms with Crippen LogP contribution in [-0.4, -0.2) is 40.7 Å². The first kappa shape index (κ1) is 13.9. The van der Waals surface area contributed by atoms with Crippen molar-refractivity contribution in [1.29, 1.82) is 0 Å². The van der Waals surface area contributed by atoms with Crippen molar-refractivity contribution in [2.45, 2.75) is 31.6 Å². The summed E-state index contributed by atoms with van der Waals surface area (Å²) in [6, 6.07) is 2.76. The first-order valence-electron chi connectivity index (χ1n) is 6.13. The number of aromatic nitrogens is 1. The SMILES string of the molecule is N[C@@H]1CCCN(C(=O)c2cccn2CC(F)(F)F)C1. The molecule has 4 nitrogen and oxygen atoms in total. The summed E-state index contributed by atoms with van der Waals surface area (Å²) < 4.78 is 38.1. The van der Waals surface area contributed by atoms with E-state index in [2.05, 4.69) is 0 Å². The number of hydrogen-bond donors (Lipinski definition) is 1. The van der Waals surface area contributed by atoms with Gasteiger partial charge >= 0.3 is 6.18 Å². The molecule has 0 aromatic carbocycles. The molecule has 106 valence electrons. The average Bonchev–Trinajstić information content (AvgIpc) is 2.73. The van der Waals surface area contributed by atoms with Gasteiger partial charge in [-0.3, -0.25) is 4.79 Å². The molecule has 0 spiro atoms. The molecule has 1 amide bonds. The number of halogens is 3. The number of nitrogens with zero attached hydrogens (tertiary/aromatic N) is 2. The van der Waals surface area contributed by atoms with E-state index in [0.29, 0.717) is 13.1 Å². The van der Waals surface area contributed by atoms with Gasteiger partial charge < -0.3 is 15.2 Å². The van der Waals surface area contributed by atoms with Crippen molar-refractivity contribution in [2.75, 3.05) is 13.1 Å². The highest BCUT2D eigenvalue weighted by Crippen LogP contribution is 2.20. The number of alkyl halides is 3. The van der Waals surface area contributed by atoms with Crippen LogP contribution in [0.2, 0.25) is 0 Å². The largest absolute Gasteiger partial charge is 0.406 e. The van der Waals surface area contributed by atoms with Gasteiger partial charge in [0.15, 0.2) is 0 Å². The third-order valence-corrected chi connectivity index (χ3v) is 3.14. The molecule has 0 bridgehead atoms. The van der Waals surface area contributed by atoms with Crippen LogP contribution < -0.4 is 5.73 Å². The van der Waals surface area contributed by atoms with Crippen LogP contribution in [0.3, 0.4) is 0 Å². The van der Waals surface area contributed by atoms with E-state index in [0.717, 1.165) is 17.4 Å². The van der Waals surface area contributed by atoms with Crippen molar-refractivity contribution in [2.24, 2.45) is 5.73 Å². The molecule has 1 fully saturated rings. The van der Waals surface area contributed by atoms with Gasteiger partial charge in [0.25, 0.3) is 5.91 Å². The highest BCUT2D eigenvalue weighted by Gasteiger charge is 2.31. The summed E-state index contributed by atoms with van der Waals surface area (Å²) >= 11 is 0. The quantitative estimate of drug-likeness (QED) is 0.891. The van der Waals surface area contributed by atoms with Gasteiger partial charge in [-0.05, 0) is 25.0 Å². The molecule has 0 saturated carbocycles. The van der Waals surface area contributed by atoms with Gasteiger partial charge in [-0.1, -0.05) is 0 Å². The van der Waals surface area contributed by atoms with Crippen LogP contribution in [0.4, 0.5) is 13.2 Å². The standard InChI is InChI=1S/C12H16F3N3O/c13-12(14,15)8-18-6-2-4-10(18)11(19)17-5-1-3-9(16)7-17/h2,4,6,9H,1,3,5,7-8,16H2/t9-/m1/s1. The molecule has 1 saturated heterocycles. The molecule has 1 aliphatic rings. The fraction of sp³-hybridized carbons (Fsp3) is 0.583. The molecule has 1 aromatic rings. The van der Waals surface area contributed by atoms with E-state index in [4.69, 9.17) is 5.73 Å². The number of carbonyl (C=O) groups is 1. The Morgan fingerprint density at radius 3 is 2.84 bits per heavy atom. The first-order valence-corrected chi connectivity index (χ1v) is 6.13. The molecule has 1 aromatic heterocycles. The van der Waals surface area contributed by atoms with Crippen LogP contribution in [0.15, 0.2) is 18.3 Å². The van der Waals surface area contributed by atoms with E-state index in [1.54, 1.807) is 0 Å². The summed E-state index contributed by atoms with van der Waals surface area (Å²) in [5.74, 6) is -0.385. The zero-order valence-electron chi connectivity index (χ0n) is 10.4. The Morgan fingerprint density at radius 1 is 1.47 bits per heavy atom. The van der Waals surface area contributed by atoms with E-state index in [9.17, 15) is 18.0 Å². The van der Waals surface area contributed by atoms with Crippen LogP contribution in [0.1, 0.15) is 23.3 Å². The maximum Gasteiger partial charge on any atom is 0.406 e. The van der Waals surface area contributed by atoms with Gasteiger partial charge in [0.1, 0.15) is 12.2 Å². The van der Waals surface area contributed by atoms with E-state index in [1.807, 2.05) is 0 Å². The first-order chi connectivity index (χ1) is 8.87. The number of rotatable bonds is 2. The zero-order chi connectivity index (χ0) is 14.0. The lowest BCUT2D eigenvalue weighted by Crippen LogP contribution is -2.46. The molecule has 2 N–H and O–H groups in total. The van der Waals surface area contributed by atoms with Crippen LogP contribution in [0.25, 0.3) is 0 Å². The highest BCUT2D eigenvalue weighted by atomic mass is 19.4. The Kier molecular flexibility index (Phi) is 3.84. The van der Waals surface area contributed by atoms with Crippen molar-refractivity contribution in [3.63, 3.8) is 0 Å². The number of likely N-dealkylation sites (tertiary alicyclic amines) is 1. The minimum Gasteiger partial charge on any atom is -0.336 e. The van der Waals surface area contributed by atoms with Crippen LogP contribution >= 0.6 is 0 Å². The van der Waals surface area contributed by atoms with Gasteiger partial charge in [0.2, 0.25) is 0 Å². The molecule has 0 unspecified atom stereocenters. The molecular weight excluding hydrogens is 259 g/mol. The lowest BCUT2D eigenvalue weighted by atomic mass is 10.1. The molecule has 19 heavy (non-hydrogen) atoms. The van der Waals surface area contributed by atoms with E-state index >= 15 is 0 Å². The van der Waals surface area contributed by atoms with Crippen molar-refractivity contribution >= 4 is 5.91 Å². The van der Waals surface area contributed by atoms with Crippen LogP contribution in [0.5, 0.6) is 0 Å². The van der Waals surface area contributed by atoms with Crippen molar-refractivity contribution < 1.29 is 18.0 Å². The second-order valence-corrected chi connectivity index (χ2v) is 4.79. The van der Waals surface area contributed by atoms with Crippen LogP contribution in [-0.2, 0) is 6.54 Å². The summed E-state index contributed by atoms with van der Waals surface area (Å²) in [7, 11) is 0. The molecule has 7 heteroatoms. The van der Waals surface area contributed by atoms with Gasteiger partial charge in [-0.25, -0.2) is 0 Å². The number of nitrogens with two attached hydrogens (primary N) is 1. The zero-order valence-corrected chi connectivity index (χ0v) is 10.4. The van der Waals surface area contributed by atoms with E-state index < -0.39 is 12.7 Å². The predicted molar refractivity (Wildman–Crippen MR) is 63.6 cm³/mol. The molecule has 0 aliphatic carbocycles. The Labute approximate surface area is 109 Å². The molecular formula is C12H16F3N3O. The minimum atomic E-state index is -4.34. The van der Waals surface area contributed by atoms with E-state index in [-0.39, 0.29) is 17.6 Å². The maximum absolute atomic E-state index is 12.4. The molecule has 1 aliphatic heterocycles. The maximum atomic E-state index is 12.4. The summed E-state index contributed by atoms with van der Waals surface area (Å²) in [5.41, 5.74) is 5.84. The summed E-state index contributed by atoms with van der Waals surface area (Å²) in [5, 5.41) is 0. The fourth-order valence-electron chi connectivity index (χ4n) is 2.30. The molecule has 0 radical (unpaired) electrons. The molecule has 1 atom stereocenters. The van der Waals surface area contributed by atoms with Gasteiger partial charge in [-0.15, -0.1) is 0 Å². The number of carbonyl (C=O) groups excluding carboxylic acids is 1. The summed E-state index contributed by atoms with van der Waals surface area (Å²) in [6.07, 6.45) is -1.45. The topological polar surface area (TPSA) is 51.3 Å². The normalized spacial score (nSPS) is 20.6. The minimum absolute atomic E-state index is 0.0615. The smallest absolute Gasteiger partial charge is 0.336 e. The molecule has 2 rings (SSSR count).